The Morgan fingerprint density at radius 1 is 1.24 bits per heavy atom. The SMILES string of the molecule is N#CC(C#N)=Cc1ccc(OCCCn2ccnc2)cc1. The zero-order valence-corrected chi connectivity index (χ0v) is 11.4. The van der Waals surface area contributed by atoms with Crippen molar-refractivity contribution in [3.05, 3.63) is 54.1 Å². The number of aryl methyl sites for hydroxylation is 1. The average Bonchev–Trinajstić information content (AvgIpc) is 3.04. The Hall–Kier alpha value is -3.05. The smallest absolute Gasteiger partial charge is 0.130 e. The van der Waals surface area contributed by atoms with Crippen LogP contribution in [0.3, 0.4) is 0 Å². The molecular formula is C16H14N4O. The first-order chi connectivity index (χ1) is 10.3. The van der Waals surface area contributed by atoms with Crippen molar-refractivity contribution in [2.24, 2.45) is 0 Å². The number of rotatable bonds is 6. The summed E-state index contributed by atoms with van der Waals surface area (Å²) in [6.45, 7) is 1.49. The summed E-state index contributed by atoms with van der Waals surface area (Å²) in [5, 5.41) is 17.4. The molecular weight excluding hydrogens is 264 g/mol. The highest BCUT2D eigenvalue weighted by Gasteiger charge is 1.97. The molecule has 2 aromatic rings. The monoisotopic (exact) mass is 278 g/mol. The number of benzene rings is 1. The molecule has 0 aliphatic rings. The molecule has 0 spiro atoms. The van der Waals surface area contributed by atoms with E-state index in [4.69, 9.17) is 15.3 Å². The van der Waals surface area contributed by atoms with Crippen LogP contribution in [0.2, 0.25) is 0 Å². The fourth-order valence-corrected chi connectivity index (χ4v) is 1.77. The Balaban J connectivity index is 1.81. The van der Waals surface area contributed by atoms with E-state index < -0.39 is 0 Å². The maximum atomic E-state index is 8.69. The van der Waals surface area contributed by atoms with Gasteiger partial charge in [0.15, 0.2) is 0 Å². The molecule has 0 saturated carbocycles. The molecule has 0 N–H and O–H groups in total. The number of nitrogens with zero attached hydrogens (tertiary/aromatic N) is 4. The third kappa shape index (κ3) is 4.52. The fourth-order valence-electron chi connectivity index (χ4n) is 1.77. The van der Waals surface area contributed by atoms with Crippen LogP contribution in [0.1, 0.15) is 12.0 Å². The molecule has 1 heterocycles. The van der Waals surface area contributed by atoms with Crippen LogP contribution in [0.15, 0.2) is 48.6 Å². The zero-order chi connectivity index (χ0) is 14.9. The summed E-state index contributed by atoms with van der Waals surface area (Å²) in [5.41, 5.74) is 0.892. The number of nitriles is 2. The van der Waals surface area contributed by atoms with Gasteiger partial charge in [0.05, 0.1) is 12.9 Å². The molecule has 0 amide bonds. The van der Waals surface area contributed by atoms with Crippen molar-refractivity contribution in [2.75, 3.05) is 6.61 Å². The molecule has 0 unspecified atom stereocenters. The Morgan fingerprint density at radius 2 is 2.00 bits per heavy atom. The Bertz CT molecular complexity index is 657. The number of ether oxygens (including phenoxy) is 1. The van der Waals surface area contributed by atoms with Gasteiger partial charge in [-0.3, -0.25) is 0 Å². The summed E-state index contributed by atoms with van der Waals surface area (Å²) >= 11 is 0. The summed E-state index contributed by atoms with van der Waals surface area (Å²) in [5.74, 6) is 0.772. The van der Waals surface area contributed by atoms with Crippen LogP contribution in [0.25, 0.3) is 6.08 Å². The van der Waals surface area contributed by atoms with Gasteiger partial charge >= 0.3 is 0 Å². The first kappa shape index (κ1) is 14.4. The predicted octanol–water partition coefficient (Wildman–Crippen LogP) is 2.78. The standard InChI is InChI=1S/C16H14N4O/c17-11-15(12-18)10-14-2-4-16(5-3-14)21-9-1-7-20-8-6-19-13-20/h2-6,8,10,13H,1,7,9H2. The molecule has 5 heteroatoms. The minimum absolute atomic E-state index is 0.0870. The fraction of sp³-hybridized carbons (Fsp3) is 0.188. The summed E-state index contributed by atoms with van der Waals surface area (Å²) in [6.07, 6.45) is 7.89. The van der Waals surface area contributed by atoms with Gasteiger partial charge < -0.3 is 9.30 Å². The first-order valence-corrected chi connectivity index (χ1v) is 6.52. The highest BCUT2D eigenvalue weighted by molar-refractivity contribution is 5.62. The van der Waals surface area contributed by atoms with Gasteiger partial charge in [0.2, 0.25) is 0 Å². The van der Waals surface area contributed by atoms with Gasteiger partial charge in [0.25, 0.3) is 0 Å². The molecule has 2 rings (SSSR count). The molecule has 0 aliphatic carbocycles. The normalized spacial score (nSPS) is 9.43. The predicted molar refractivity (Wildman–Crippen MR) is 78.0 cm³/mol. The Kier molecular flexibility index (Phi) is 5.14. The second kappa shape index (κ2) is 7.52. The second-order valence-electron chi connectivity index (χ2n) is 4.35. The minimum atomic E-state index is 0.0870. The first-order valence-electron chi connectivity index (χ1n) is 6.52. The van der Waals surface area contributed by atoms with Crippen LogP contribution in [-0.4, -0.2) is 16.2 Å². The highest BCUT2D eigenvalue weighted by atomic mass is 16.5. The maximum absolute atomic E-state index is 8.69. The van der Waals surface area contributed by atoms with Crippen LogP contribution in [-0.2, 0) is 6.54 Å². The third-order valence-electron chi connectivity index (χ3n) is 2.82. The molecule has 0 aliphatic heterocycles. The number of hydrogen-bond donors (Lipinski definition) is 0. The van der Waals surface area contributed by atoms with E-state index in [1.807, 2.05) is 47.2 Å². The van der Waals surface area contributed by atoms with E-state index in [1.54, 1.807) is 18.6 Å². The van der Waals surface area contributed by atoms with E-state index in [0.717, 1.165) is 24.3 Å². The van der Waals surface area contributed by atoms with Gasteiger partial charge in [0.1, 0.15) is 23.5 Å². The zero-order valence-electron chi connectivity index (χ0n) is 11.4. The van der Waals surface area contributed by atoms with Crippen molar-refractivity contribution in [1.29, 1.82) is 10.5 Å². The van der Waals surface area contributed by atoms with Crippen molar-refractivity contribution >= 4 is 6.08 Å². The number of allylic oxidation sites excluding steroid dienone is 1. The van der Waals surface area contributed by atoms with E-state index in [9.17, 15) is 0 Å². The van der Waals surface area contributed by atoms with E-state index in [-0.39, 0.29) is 5.57 Å². The number of hydrogen-bond acceptors (Lipinski definition) is 4. The number of aromatic nitrogens is 2. The molecule has 1 aromatic heterocycles. The van der Waals surface area contributed by atoms with Crippen LogP contribution in [0.4, 0.5) is 0 Å². The molecule has 0 saturated heterocycles. The van der Waals surface area contributed by atoms with Crippen molar-refractivity contribution in [1.82, 2.24) is 9.55 Å². The second-order valence-corrected chi connectivity index (χ2v) is 4.35. The Labute approximate surface area is 123 Å². The molecule has 0 atom stereocenters. The van der Waals surface area contributed by atoms with Gasteiger partial charge in [-0.15, -0.1) is 0 Å². The maximum Gasteiger partial charge on any atom is 0.130 e. The van der Waals surface area contributed by atoms with Crippen LogP contribution in [0, 0.1) is 22.7 Å². The summed E-state index contributed by atoms with van der Waals surface area (Å²) in [6, 6.07) is 11.0. The summed E-state index contributed by atoms with van der Waals surface area (Å²) in [4.78, 5) is 3.98. The third-order valence-corrected chi connectivity index (χ3v) is 2.82. The lowest BCUT2D eigenvalue weighted by molar-refractivity contribution is 0.302. The lowest BCUT2D eigenvalue weighted by Gasteiger charge is -2.06. The molecule has 0 radical (unpaired) electrons. The number of imidazole rings is 1. The molecule has 1 aromatic carbocycles. The topological polar surface area (TPSA) is 74.6 Å². The molecule has 0 bridgehead atoms. The lowest BCUT2D eigenvalue weighted by atomic mass is 10.1. The summed E-state index contributed by atoms with van der Waals surface area (Å²) in [7, 11) is 0. The molecule has 0 fully saturated rings. The van der Waals surface area contributed by atoms with Crippen LogP contribution in [0.5, 0.6) is 5.75 Å². The molecule has 104 valence electrons. The average molecular weight is 278 g/mol. The lowest BCUT2D eigenvalue weighted by Crippen LogP contribution is -2.02. The van der Waals surface area contributed by atoms with Gasteiger partial charge in [0, 0.05) is 18.9 Å². The van der Waals surface area contributed by atoms with E-state index in [1.165, 1.54) is 0 Å². The van der Waals surface area contributed by atoms with Crippen molar-refractivity contribution in [3.63, 3.8) is 0 Å². The van der Waals surface area contributed by atoms with E-state index >= 15 is 0 Å². The largest absolute Gasteiger partial charge is 0.494 e. The highest BCUT2D eigenvalue weighted by Crippen LogP contribution is 2.14. The van der Waals surface area contributed by atoms with E-state index in [0.29, 0.717) is 6.61 Å². The quantitative estimate of drug-likeness (QED) is 0.601. The van der Waals surface area contributed by atoms with Gasteiger partial charge in [-0.1, -0.05) is 12.1 Å². The van der Waals surface area contributed by atoms with Crippen LogP contribution >= 0.6 is 0 Å². The molecule has 5 nitrogen and oxygen atoms in total. The minimum Gasteiger partial charge on any atom is -0.494 e. The summed E-state index contributed by atoms with van der Waals surface area (Å²) < 4.78 is 7.64. The van der Waals surface area contributed by atoms with Crippen LogP contribution < -0.4 is 4.74 Å². The van der Waals surface area contributed by atoms with Crippen molar-refractivity contribution in [2.45, 2.75) is 13.0 Å². The van der Waals surface area contributed by atoms with Gasteiger partial charge in [-0.05, 0) is 30.2 Å². The van der Waals surface area contributed by atoms with Crippen molar-refractivity contribution in [3.8, 4) is 17.9 Å². The molecule has 21 heavy (non-hydrogen) atoms. The van der Waals surface area contributed by atoms with Crippen molar-refractivity contribution < 1.29 is 4.74 Å². The van der Waals surface area contributed by atoms with E-state index in [2.05, 4.69) is 4.98 Å². The Morgan fingerprint density at radius 3 is 2.62 bits per heavy atom. The van der Waals surface area contributed by atoms with Gasteiger partial charge in [-0.2, -0.15) is 10.5 Å². The van der Waals surface area contributed by atoms with Gasteiger partial charge in [-0.25, -0.2) is 4.98 Å².